The second-order valence-electron chi connectivity index (χ2n) is 6.81. The third-order valence-electron chi connectivity index (χ3n) is 5.35. The van der Waals surface area contributed by atoms with Gasteiger partial charge in [0.1, 0.15) is 5.75 Å². The van der Waals surface area contributed by atoms with Crippen LogP contribution in [0, 0.1) is 5.92 Å². The van der Waals surface area contributed by atoms with E-state index in [9.17, 15) is 9.90 Å². The Kier molecular flexibility index (Phi) is 3.90. The van der Waals surface area contributed by atoms with Gasteiger partial charge in [0.25, 0.3) is 5.91 Å². The van der Waals surface area contributed by atoms with Crippen molar-refractivity contribution in [3.63, 3.8) is 0 Å². The fourth-order valence-electron chi connectivity index (χ4n) is 3.83. The third kappa shape index (κ3) is 2.74. The average molecular weight is 326 g/mol. The van der Waals surface area contributed by atoms with Crippen LogP contribution in [0.15, 0.2) is 42.2 Å². The van der Waals surface area contributed by atoms with Crippen LogP contribution in [0.5, 0.6) is 5.75 Å². The number of piperidine rings is 2. The number of para-hydroxylation sites is 1. The monoisotopic (exact) mass is 326 g/mol. The molecule has 1 aromatic rings. The van der Waals surface area contributed by atoms with Crippen LogP contribution in [0.4, 0.5) is 0 Å². The maximum atomic E-state index is 12.9. The number of fused-ring (bicyclic) bond motifs is 2. The number of hydrogen-bond donors (Lipinski definition) is 2. The molecule has 3 aliphatic heterocycles. The number of nitrogens with one attached hydrogen (secondary N) is 1. The predicted octanol–water partition coefficient (Wildman–Crippen LogP) is 1.55. The van der Waals surface area contributed by atoms with Gasteiger partial charge in [0.15, 0.2) is 0 Å². The molecule has 0 aromatic heterocycles. The fraction of sp³-hybridized carbons (Fsp3) is 0.421. The molecule has 1 aromatic carbocycles. The summed E-state index contributed by atoms with van der Waals surface area (Å²) in [6, 6.07) is 7.67. The summed E-state index contributed by atoms with van der Waals surface area (Å²) in [5.74, 6) is 0.850. The van der Waals surface area contributed by atoms with Crippen molar-refractivity contribution in [2.75, 3.05) is 26.2 Å². The summed E-state index contributed by atoms with van der Waals surface area (Å²) >= 11 is 0. The molecule has 0 spiro atoms. The lowest BCUT2D eigenvalue weighted by atomic mass is 9.76. The molecule has 126 valence electrons. The number of benzene rings is 1. The van der Waals surface area contributed by atoms with Crippen LogP contribution in [0.1, 0.15) is 18.4 Å². The van der Waals surface area contributed by atoms with Gasteiger partial charge in [-0.3, -0.25) is 4.79 Å². The van der Waals surface area contributed by atoms with Gasteiger partial charge in [0.05, 0.1) is 11.9 Å². The van der Waals surface area contributed by atoms with Crippen molar-refractivity contribution in [3.05, 3.63) is 47.7 Å². The van der Waals surface area contributed by atoms with Crippen molar-refractivity contribution in [1.82, 2.24) is 10.2 Å². The number of nitrogens with zero attached hydrogens (tertiary/aromatic N) is 1. The molecular formula is C19H22N2O3. The largest absolute Gasteiger partial charge is 0.464 e. The smallest absolute Gasteiger partial charge is 0.254 e. The van der Waals surface area contributed by atoms with Crippen LogP contribution in [0.3, 0.4) is 0 Å². The van der Waals surface area contributed by atoms with E-state index < -0.39 is 5.60 Å². The molecule has 5 nitrogen and oxygen atoms in total. The summed E-state index contributed by atoms with van der Waals surface area (Å²) in [6.45, 7) is 2.81. The summed E-state index contributed by atoms with van der Waals surface area (Å²) in [5.41, 5.74) is 0.902. The van der Waals surface area contributed by atoms with Gasteiger partial charge in [-0.25, -0.2) is 0 Å². The molecule has 2 N–H and O–H groups in total. The fourth-order valence-corrected chi connectivity index (χ4v) is 3.83. The molecular weight excluding hydrogens is 304 g/mol. The van der Waals surface area contributed by atoms with E-state index >= 15 is 0 Å². The first kappa shape index (κ1) is 15.4. The minimum Gasteiger partial charge on any atom is -0.464 e. The molecule has 0 bridgehead atoms. The van der Waals surface area contributed by atoms with E-state index in [1.807, 2.05) is 35.2 Å². The zero-order chi connectivity index (χ0) is 16.6. The summed E-state index contributed by atoms with van der Waals surface area (Å²) in [7, 11) is 0. The Hall–Kier alpha value is -2.11. The summed E-state index contributed by atoms with van der Waals surface area (Å²) in [4.78, 5) is 14.8. The van der Waals surface area contributed by atoms with Crippen LogP contribution in [0.2, 0.25) is 0 Å². The quantitative estimate of drug-likeness (QED) is 0.822. The Bertz CT molecular complexity index is 712. The molecule has 3 heterocycles. The van der Waals surface area contributed by atoms with Gasteiger partial charge in [-0.15, -0.1) is 0 Å². The lowest BCUT2D eigenvalue weighted by molar-refractivity contribution is -0.137. The van der Waals surface area contributed by atoms with E-state index in [1.165, 1.54) is 0 Å². The first-order chi connectivity index (χ1) is 11.7. The minimum atomic E-state index is -0.620. The zero-order valence-corrected chi connectivity index (χ0v) is 13.6. The number of ether oxygens (including phenoxy) is 1. The molecule has 24 heavy (non-hydrogen) atoms. The van der Waals surface area contributed by atoms with Crippen molar-refractivity contribution in [2.45, 2.75) is 18.4 Å². The number of hydrogen-bond acceptors (Lipinski definition) is 4. The molecule has 3 aliphatic rings. The number of aliphatic hydroxyl groups is 1. The average Bonchev–Trinajstić information content (AvgIpc) is 2.82. The van der Waals surface area contributed by atoms with Gasteiger partial charge < -0.3 is 20.1 Å². The Morgan fingerprint density at radius 2 is 2.21 bits per heavy atom. The lowest BCUT2D eigenvalue weighted by Crippen LogP contribution is -2.60. The zero-order valence-electron chi connectivity index (χ0n) is 13.6. The molecule has 4 rings (SSSR count). The molecule has 5 heteroatoms. The second kappa shape index (κ2) is 6.07. The van der Waals surface area contributed by atoms with Gasteiger partial charge >= 0.3 is 0 Å². The highest BCUT2D eigenvalue weighted by Gasteiger charge is 2.44. The van der Waals surface area contributed by atoms with Crippen LogP contribution in [-0.2, 0) is 4.79 Å². The summed E-state index contributed by atoms with van der Waals surface area (Å²) < 4.78 is 5.56. The molecule has 2 fully saturated rings. The molecule has 0 unspecified atom stereocenters. The van der Waals surface area contributed by atoms with E-state index in [0.717, 1.165) is 30.8 Å². The van der Waals surface area contributed by atoms with Crippen LogP contribution < -0.4 is 10.1 Å². The molecule has 1 amide bonds. The van der Waals surface area contributed by atoms with Gasteiger partial charge in [-0.1, -0.05) is 18.2 Å². The SMILES string of the molecule is O=C(C1=Cc2ccccc2OC=C1)N1CC[C@@]2(O)CCNC[C@H]2C1. The van der Waals surface area contributed by atoms with Crippen LogP contribution in [-0.4, -0.2) is 47.7 Å². The second-order valence-corrected chi connectivity index (χ2v) is 6.81. The number of amides is 1. The van der Waals surface area contributed by atoms with Crippen molar-refractivity contribution >= 4 is 12.0 Å². The van der Waals surface area contributed by atoms with Gasteiger partial charge in [-0.05, 0) is 37.6 Å². The van der Waals surface area contributed by atoms with Crippen molar-refractivity contribution in [1.29, 1.82) is 0 Å². The number of carbonyl (C=O) groups excluding carboxylic acids is 1. The minimum absolute atomic E-state index is 0.000762. The standard InChI is InChI=1S/C19H22N2O3/c22-18(15-5-10-24-17-4-2-1-3-14(17)11-15)21-9-7-19(23)6-8-20-12-16(19)13-21/h1-5,10-11,16,20,23H,6-9,12-13H2/t16-,19-/m0/s1. The Morgan fingerprint density at radius 3 is 3.12 bits per heavy atom. The molecule has 2 saturated heterocycles. The highest BCUT2D eigenvalue weighted by molar-refractivity contribution is 6.01. The molecule has 0 radical (unpaired) electrons. The number of carbonyl (C=O) groups is 1. The molecule has 2 atom stereocenters. The van der Waals surface area contributed by atoms with Crippen molar-refractivity contribution in [3.8, 4) is 5.75 Å². The van der Waals surface area contributed by atoms with Gasteiger partial charge in [0.2, 0.25) is 0 Å². The first-order valence-electron chi connectivity index (χ1n) is 8.52. The van der Waals surface area contributed by atoms with Crippen LogP contribution >= 0.6 is 0 Å². The van der Waals surface area contributed by atoms with Crippen molar-refractivity contribution < 1.29 is 14.6 Å². The highest BCUT2D eigenvalue weighted by atomic mass is 16.5. The van der Waals surface area contributed by atoms with E-state index in [4.69, 9.17) is 4.74 Å². The number of likely N-dealkylation sites (tertiary alicyclic amines) is 1. The van der Waals surface area contributed by atoms with Crippen LogP contribution in [0.25, 0.3) is 6.08 Å². The maximum absolute atomic E-state index is 12.9. The topological polar surface area (TPSA) is 61.8 Å². The Labute approximate surface area is 141 Å². The summed E-state index contributed by atoms with van der Waals surface area (Å²) in [6.07, 6.45) is 6.58. The summed E-state index contributed by atoms with van der Waals surface area (Å²) in [5, 5.41) is 14.1. The predicted molar refractivity (Wildman–Crippen MR) is 91.3 cm³/mol. The van der Waals surface area contributed by atoms with Crippen molar-refractivity contribution in [2.24, 2.45) is 5.92 Å². The maximum Gasteiger partial charge on any atom is 0.254 e. The lowest BCUT2D eigenvalue weighted by Gasteiger charge is -2.47. The Balaban J connectivity index is 1.55. The highest BCUT2D eigenvalue weighted by Crippen LogP contribution is 2.34. The molecule has 0 saturated carbocycles. The normalized spacial score (nSPS) is 29.0. The Morgan fingerprint density at radius 1 is 1.33 bits per heavy atom. The van der Waals surface area contributed by atoms with Gasteiger partial charge in [0, 0.05) is 36.7 Å². The van der Waals surface area contributed by atoms with E-state index in [1.54, 1.807) is 12.3 Å². The third-order valence-corrected chi connectivity index (χ3v) is 5.35. The molecule has 0 aliphatic carbocycles. The number of rotatable bonds is 1. The first-order valence-corrected chi connectivity index (χ1v) is 8.52. The van der Waals surface area contributed by atoms with Gasteiger partial charge in [-0.2, -0.15) is 0 Å². The van der Waals surface area contributed by atoms with E-state index in [0.29, 0.717) is 25.1 Å². The van der Waals surface area contributed by atoms with E-state index in [-0.39, 0.29) is 11.8 Å². The van der Waals surface area contributed by atoms with E-state index in [2.05, 4.69) is 5.32 Å².